The van der Waals surface area contributed by atoms with Crippen molar-refractivity contribution >= 4 is 46.6 Å². The number of ether oxygens (including phenoxy) is 2. The molecule has 3 aromatic rings. The van der Waals surface area contributed by atoms with Crippen molar-refractivity contribution in [3.05, 3.63) is 57.9 Å². The number of hydrogen-bond donors (Lipinski definition) is 1. The molecule has 10 heteroatoms. The molecule has 0 aliphatic heterocycles. The summed E-state index contributed by atoms with van der Waals surface area (Å²) in [6, 6.07) is 10.4. The highest BCUT2D eigenvalue weighted by Crippen LogP contribution is 2.29. The molecule has 0 aliphatic rings. The fourth-order valence-electron chi connectivity index (χ4n) is 2.44. The highest BCUT2D eigenvalue weighted by atomic mass is 35.5. The lowest BCUT2D eigenvalue weighted by molar-refractivity contribution is -0.113. The molecule has 1 amide bonds. The molecule has 2 aromatic carbocycles. The number of halogens is 2. The predicted molar refractivity (Wildman–Crippen MR) is 112 cm³/mol. The monoisotopic (exact) mass is 453 g/mol. The summed E-state index contributed by atoms with van der Waals surface area (Å²) in [5.41, 5.74) is 1.42. The van der Waals surface area contributed by atoms with Gasteiger partial charge in [0.2, 0.25) is 11.8 Å². The van der Waals surface area contributed by atoms with Crippen molar-refractivity contribution in [1.82, 2.24) is 10.2 Å². The summed E-state index contributed by atoms with van der Waals surface area (Å²) >= 11 is 13.0. The number of thioether (sulfide) groups is 1. The Morgan fingerprint density at radius 1 is 1.10 bits per heavy atom. The average Bonchev–Trinajstić information content (AvgIpc) is 3.15. The smallest absolute Gasteiger partial charge is 0.277 e. The van der Waals surface area contributed by atoms with Crippen LogP contribution in [0, 0.1) is 0 Å². The van der Waals surface area contributed by atoms with Crippen LogP contribution in [0.5, 0.6) is 11.5 Å². The van der Waals surface area contributed by atoms with E-state index in [0.29, 0.717) is 44.8 Å². The lowest BCUT2D eigenvalue weighted by Crippen LogP contribution is -2.14. The van der Waals surface area contributed by atoms with Crippen molar-refractivity contribution in [1.29, 1.82) is 0 Å². The van der Waals surface area contributed by atoms with Crippen LogP contribution < -0.4 is 14.8 Å². The molecule has 1 N–H and O–H groups in total. The van der Waals surface area contributed by atoms with Crippen LogP contribution in [0.2, 0.25) is 10.0 Å². The first kappa shape index (κ1) is 21.3. The van der Waals surface area contributed by atoms with Gasteiger partial charge in [-0.05, 0) is 35.9 Å². The zero-order chi connectivity index (χ0) is 20.8. The van der Waals surface area contributed by atoms with Gasteiger partial charge < -0.3 is 19.2 Å². The standard InChI is InChI=1S/C19H17Cl2N3O4S/c1-26-15-6-3-11(7-16(15)27-2)8-18-23-24-19(28-18)29-10-17(25)22-14-5-4-12(20)9-13(14)21/h3-7,9H,8,10H2,1-2H3,(H,22,25). The maximum absolute atomic E-state index is 12.1. The van der Waals surface area contributed by atoms with E-state index in [2.05, 4.69) is 15.5 Å². The number of rotatable bonds is 8. The zero-order valence-corrected chi connectivity index (χ0v) is 17.9. The van der Waals surface area contributed by atoms with Crippen LogP contribution in [0.25, 0.3) is 0 Å². The van der Waals surface area contributed by atoms with Crippen LogP contribution in [-0.2, 0) is 11.2 Å². The Bertz CT molecular complexity index is 1010. The van der Waals surface area contributed by atoms with Gasteiger partial charge in [0.1, 0.15) is 0 Å². The summed E-state index contributed by atoms with van der Waals surface area (Å²) < 4.78 is 16.1. The minimum atomic E-state index is -0.251. The Hall–Kier alpha value is -2.42. The fourth-order valence-corrected chi connectivity index (χ4v) is 3.47. The van der Waals surface area contributed by atoms with Crippen molar-refractivity contribution in [2.24, 2.45) is 0 Å². The second kappa shape index (κ2) is 9.87. The third-order valence-corrected chi connectivity index (χ3v) is 5.15. The number of nitrogens with one attached hydrogen (secondary N) is 1. The van der Waals surface area contributed by atoms with Crippen molar-refractivity contribution in [2.75, 3.05) is 25.3 Å². The van der Waals surface area contributed by atoms with E-state index in [1.165, 1.54) is 0 Å². The van der Waals surface area contributed by atoms with Gasteiger partial charge in [-0.1, -0.05) is 41.0 Å². The van der Waals surface area contributed by atoms with Gasteiger partial charge in [0.25, 0.3) is 5.22 Å². The van der Waals surface area contributed by atoms with Crippen molar-refractivity contribution in [3.8, 4) is 11.5 Å². The maximum atomic E-state index is 12.1. The lowest BCUT2D eigenvalue weighted by Gasteiger charge is -2.08. The van der Waals surface area contributed by atoms with Crippen molar-refractivity contribution < 1.29 is 18.7 Å². The normalized spacial score (nSPS) is 10.6. The summed E-state index contributed by atoms with van der Waals surface area (Å²) in [6.07, 6.45) is 0.431. The third kappa shape index (κ3) is 5.79. The molecule has 29 heavy (non-hydrogen) atoms. The van der Waals surface area contributed by atoms with E-state index in [9.17, 15) is 4.79 Å². The SMILES string of the molecule is COc1ccc(Cc2nnc(SCC(=O)Nc3ccc(Cl)cc3Cl)o2)cc1OC. The zero-order valence-electron chi connectivity index (χ0n) is 15.6. The second-order valence-corrected chi connectivity index (χ2v) is 7.56. The summed E-state index contributed by atoms with van der Waals surface area (Å²) in [5, 5.41) is 11.9. The molecular formula is C19H17Cl2N3O4S. The number of nitrogens with zero attached hydrogens (tertiary/aromatic N) is 2. The lowest BCUT2D eigenvalue weighted by atomic mass is 10.1. The molecule has 0 spiro atoms. The number of carbonyl (C=O) groups excluding carboxylic acids is 1. The first-order valence-corrected chi connectivity index (χ1v) is 10.1. The van der Waals surface area contributed by atoms with E-state index in [1.807, 2.05) is 18.2 Å². The number of hydrogen-bond acceptors (Lipinski definition) is 7. The topological polar surface area (TPSA) is 86.5 Å². The molecule has 1 heterocycles. The largest absolute Gasteiger partial charge is 0.493 e. The number of aromatic nitrogens is 2. The molecule has 0 bridgehead atoms. The first-order chi connectivity index (χ1) is 14.0. The summed E-state index contributed by atoms with van der Waals surface area (Å²) in [7, 11) is 3.15. The predicted octanol–water partition coefficient (Wildman–Crippen LogP) is 4.72. The molecule has 0 atom stereocenters. The molecule has 152 valence electrons. The molecule has 0 saturated carbocycles. The number of benzene rings is 2. The molecule has 0 radical (unpaired) electrons. The molecule has 7 nitrogen and oxygen atoms in total. The van der Waals surface area contributed by atoms with Crippen LogP contribution in [0.1, 0.15) is 11.5 Å². The number of amides is 1. The molecule has 1 aromatic heterocycles. The average molecular weight is 454 g/mol. The van der Waals surface area contributed by atoms with Crippen LogP contribution in [0.4, 0.5) is 5.69 Å². The number of anilines is 1. The van der Waals surface area contributed by atoms with Gasteiger partial charge in [-0.25, -0.2) is 0 Å². The second-order valence-electron chi connectivity index (χ2n) is 5.79. The Morgan fingerprint density at radius 3 is 2.62 bits per heavy atom. The third-order valence-electron chi connectivity index (χ3n) is 3.78. The Balaban J connectivity index is 1.55. The minimum Gasteiger partial charge on any atom is -0.493 e. The van der Waals surface area contributed by atoms with Gasteiger partial charge in [-0.2, -0.15) is 0 Å². The van der Waals surface area contributed by atoms with E-state index in [1.54, 1.807) is 32.4 Å². The van der Waals surface area contributed by atoms with Gasteiger partial charge in [0, 0.05) is 5.02 Å². The molecule has 0 aliphatic carbocycles. The van der Waals surface area contributed by atoms with Crippen LogP contribution in [-0.4, -0.2) is 36.1 Å². The van der Waals surface area contributed by atoms with Gasteiger partial charge in [0.15, 0.2) is 11.5 Å². The fraction of sp³-hybridized carbons (Fsp3) is 0.211. The van der Waals surface area contributed by atoms with E-state index in [-0.39, 0.29) is 11.7 Å². The van der Waals surface area contributed by atoms with E-state index >= 15 is 0 Å². The number of methoxy groups -OCH3 is 2. The highest BCUT2D eigenvalue weighted by molar-refractivity contribution is 7.99. The van der Waals surface area contributed by atoms with Crippen molar-refractivity contribution in [3.63, 3.8) is 0 Å². The highest BCUT2D eigenvalue weighted by Gasteiger charge is 2.13. The molecular weight excluding hydrogens is 437 g/mol. The molecule has 0 saturated heterocycles. The summed E-state index contributed by atoms with van der Waals surface area (Å²) in [4.78, 5) is 12.1. The minimum absolute atomic E-state index is 0.0942. The van der Waals surface area contributed by atoms with E-state index in [0.717, 1.165) is 17.3 Å². The Kier molecular flexibility index (Phi) is 7.24. The maximum Gasteiger partial charge on any atom is 0.277 e. The first-order valence-electron chi connectivity index (χ1n) is 8.39. The molecule has 0 fully saturated rings. The summed E-state index contributed by atoms with van der Waals surface area (Å²) in [5.74, 6) is 1.54. The Morgan fingerprint density at radius 2 is 1.90 bits per heavy atom. The summed E-state index contributed by atoms with van der Waals surface area (Å²) in [6.45, 7) is 0. The molecule has 0 unspecified atom stereocenters. The van der Waals surface area contributed by atoms with Crippen molar-refractivity contribution in [2.45, 2.75) is 11.6 Å². The Labute approximate surface area is 181 Å². The quantitative estimate of drug-likeness (QED) is 0.493. The van der Waals surface area contributed by atoms with Gasteiger partial charge in [0.05, 0.1) is 37.1 Å². The van der Waals surface area contributed by atoms with Gasteiger partial charge in [-0.15, -0.1) is 10.2 Å². The molecule has 3 rings (SSSR count). The van der Waals surface area contributed by atoms with E-state index < -0.39 is 0 Å². The van der Waals surface area contributed by atoms with Crippen LogP contribution >= 0.6 is 35.0 Å². The number of carbonyl (C=O) groups is 1. The van der Waals surface area contributed by atoms with Crippen LogP contribution in [0.3, 0.4) is 0 Å². The van der Waals surface area contributed by atoms with Gasteiger partial charge in [-0.3, -0.25) is 4.79 Å². The van der Waals surface area contributed by atoms with E-state index in [4.69, 9.17) is 37.1 Å². The van der Waals surface area contributed by atoms with Gasteiger partial charge >= 0.3 is 0 Å². The van der Waals surface area contributed by atoms with Crippen LogP contribution in [0.15, 0.2) is 46.0 Å².